The van der Waals surface area contributed by atoms with Gasteiger partial charge in [0.2, 0.25) is 5.91 Å². The molecule has 0 spiro atoms. The number of hydrogen-bond donors (Lipinski definition) is 0. The maximum atomic E-state index is 13.7. The van der Waals surface area contributed by atoms with Gasteiger partial charge in [-0.25, -0.2) is 5.01 Å². The highest BCUT2D eigenvalue weighted by atomic mass is 16.2. The fraction of sp³-hybridized carbons (Fsp3) is 0.296. The van der Waals surface area contributed by atoms with Gasteiger partial charge in [0.15, 0.2) is 0 Å². The minimum Gasteiger partial charge on any atom is -0.364 e. The Hall–Kier alpha value is -3.27. The van der Waals surface area contributed by atoms with Crippen molar-refractivity contribution in [2.24, 2.45) is 0 Å². The van der Waals surface area contributed by atoms with Gasteiger partial charge in [-0.1, -0.05) is 54.6 Å². The molecule has 0 fully saturated rings. The van der Waals surface area contributed by atoms with E-state index in [0.717, 1.165) is 44.5 Å². The first-order valence-corrected chi connectivity index (χ1v) is 11.4. The number of benzene rings is 3. The minimum absolute atomic E-state index is 0.0847. The lowest BCUT2D eigenvalue weighted by Gasteiger charge is -2.47. The summed E-state index contributed by atoms with van der Waals surface area (Å²) in [7, 11) is 0. The molecule has 3 aliphatic rings. The number of amides is 1. The molecule has 1 atom stereocenters. The van der Waals surface area contributed by atoms with Crippen LogP contribution in [0.25, 0.3) is 0 Å². The smallest absolute Gasteiger partial charge is 0.248 e. The van der Waals surface area contributed by atoms with Gasteiger partial charge >= 0.3 is 0 Å². The molecule has 0 saturated carbocycles. The minimum atomic E-state index is 0.0847. The van der Waals surface area contributed by atoms with Crippen LogP contribution in [0.3, 0.4) is 0 Å². The van der Waals surface area contributed by atoms with Crippen LogP contribution >= 0.6 is 0 Å². The first kappa shape index (κ1) is 18.5. The molecule has 6 rings (SSSR count). The van der Waals surface area contributed by atoms with Crippen LogP contribution in [0.4, 0.5) is 17.1 Å². The maximum absolute atomic E-state index is 13.7. The van der Waals surface area contributed by atoms with E-state index in [1.807, 2.05) is 5.01 Å². The molecule has 0 N–H and O–H groups in total. The number of rotatable bonds is 2. The second kappa shape index (κ2) is 7.45. The zero-order valence-electron chi connectivity index (χ0n) is 17.7. The summed E-state index contributed by atoms with van der Waals surface area (Å²) < 4.78 is 0. The molecule has 0 bridgehead atoms. The third kappa shape index (κ3) is 3.01. The molecular formula is C27H27N3O. The van der Waals surface area contributed by atoms with E-state index in [2.05, 4.69) is 82.7 Å². The van der Waals surface area contributed by atoms with Gasteiger partial charge in [-0.15, -0.1) is 0 Å². The Labute approximate surface area is 183 Å². The molecule has 4 heteroatoms. The van der Waals surface area contributed by atoms with Crippen molar-refractivity contribution < 1.29 is 4.79 Å². The second-order valence-electron chi connectivity index (χ2n) is 8.77. The Morgan fingerprint density at radius 3 is 2.10 bits per heavy atom. The van der Waals surface area contributed by atoms with Gasteiger partial charge in [0, 0.05) is 24.3 Å². The predicted molar refractivity (Wildman–Crippen MR) is 126 cm³/mol. The molecule has 3 aliphatic heterocycles. The highest BCUT2D eigenvalue weighted by molar-refractivity contribution is 6.00. The Kier molecular flexibility index (Phi) is 4.45. The van der Waals surface area contributed by atoms with E-state index in [4.69, 9.17) is 0 Å². The van der Waals surface area contributed by atoms with E-state index in [-0.39, 0.29) is 11.9 Å². The third-order valence-corrected chi connectivity index (χ3v) is 6.98. The number of fused-ring (bicyclic) bond motifs is 3. The van der Waals surface area contributed by atoms with Gasteiger partial charge in [-0.05, 0) is 55.0 Å². The van der Waals surface area contributed by atoms with E-state index in [1.54, 1.807) is 0 Å². The summed E-state index contributed by atoms with van der Waals surface area (Å²) in [5, 5.41) is 4.17. The standard InChI is InChI=1S/C27H27N3O/c31-27-19-26(28-17-7-11-20-9-1-4-14-23(20)28)22-13-3-6-16-25(22)30(27)29-18-8-12-21-10-2-5-15-24(21)29/h1-6,9-10,13-16,26H,7-8,11-12,17-19H2. The second-order valence-corrected chi connectivity index (χ2v) is 8.77. The fourth-order valence-electron chi connectivity index (χ4n) is 5.61. The van der Waals surface area contributed by atoms with Crippen LogP contribution in [0.15, 0.2) is 72.8 Å². The van der Waals surface area contributed by atoms with E-state index < -0.39 is 0 Å². The SMILES string of the molecule is O=C1CC(N2CCCc3ccccc32)c2ccccc2N1N1CCCc2ccccc21. The molecule has 4 nitrogen and oxygen atoms in total. The molecule has 1 amide bonds. The summed E-state index contributed by atoms with van der Waals surface area (Å²) in [6.07, 6.45) is 4.89. The van der Waals surface area contributed by atoms with E-state index in [1.165, 1.54) is 28.1 Å². The average molecular weight is 410 g/mol. The normalized spacial score (nSPS) is 20.2. The van der Waals surface area contributed by atoms with Crippen molar-refractivity contribution in [3.05, 3.63) is 89.5 Å². The van der Waals surface area contributed by atoms with Gasteiger partial charge in [0.1, 0.15) is 0 Å². The Morgan fingerprint density at radius 2 is 1.29 bits per heavy atom. The van der Waals surface area contributed by atoms with Crippen molar-refractivity contribution in [3.8, 4) is 0 Å². The molecule has 31 heavy (non-hydrogen) atoms. The monoisotopic (exact) mass is 409 g/mol. The van der Waals surface area contributed by atoms with Crippen LogP contribution in [-0.2, 0) is 17.6 Å². The highest BCUT2D eigenvalue weighted by Gasteiger charge is 2.39. The number of carbonyl (C=O) groups is 1. The Morgan fingerprint density at radius 1 is 0.677 bits per heavy atom. The molecule has 1 unspecified atom stereocenters. The third-order valence-electron chi connectivity index (χ3n) is 6.98. The lowest BCUT2D eigenvalue weighted by Crippen LogP contribution is -2.53. The zero-order valence-corrected chi connectivity index (χ0v) is 17.7. The topological polar surface area (TPSA) is 26.8 Å². The van der Waals surface area contributed by atoms with Crippen LogP contribution in [0.2, 0.25) is 0 Å². The lowest BCUT2D eigenvalue weighted by molar-refractivity contribution is -0.119. The first-order valence-electron chi connectivity index (χ1n) is 11.4. The van der Waals surface area contributed by atoms with Gasteiger partial charge in [0.05, 0.1) is 23.8 Å². The number of para-hydroxylation sites is 3. The molecule has 0 saturated heterocycles. The fourth-order valence-corrected chi connectivity index (χ4v) is 5.61. The van der Waals surface area contributed by atoms with Crippen LogP contribution < -0.4 is 14.9 Å². The van der Waals surface area contributed by atoms with Crippen molar-refractivity contribution in [1.82, 2.24) is 0 Å². The number of carbonyl (C=O) groups excluding carboxylic acids is 1. The first-order chi connectivity index (χ1) is 15.3. The van der Waals surface area contributed by atoms with Crippen molar-refractivity contribution in [1.29, 1.82) is 0 Å². The van der Waals surface area contributed by atoms with Crippen LogP contribution in [0.1, 0.15) is 42.0 Å². The Balaban J connectivity index is 1.43. The number of anilines is 3. The average Bonchev–Trinajstić information content (AvgIpc) is 2.83. The molecule has 0 radical (unpaired) electrons. The van der Waals surface area contributed by atoms with Crippen LogP contribution in [-0.4, -0.2) is 19.0 Å². The van der Waals surface area contributed by atoms with Crippen molar-refractivity contribution in [2.75, 3.05) is 28.0 Å². The number of aryl methyl sites for hydroxylation is 2. The van der Waals surface area contributed by atoms with Gasteiger partial charge in [-0.3, -0.25) is 9.80 Å². The van der Waals surface area contributed by atoms with Gasteiger partial charge in [-0.2, -0.15) is 0 Å². The quantitative estimate of drug-likeness (QED) is 0.576. The highest BCUT2D eigenvalue weighted by Crippen LogP contribution is 2.44. The number of hydrogen-bond acceptors (Lipinski definition) is 3. The summed E-state index contributed by atoms with van der Waals surface area (Å²) >= 11 is 0. The number of hydrazine groups is 1. The molecule has 3 aromatic rings. The van der Waals surface area contributed by atoms with Crippen molar-refractivity contribution in [3.63, 3.8) is 0 Å². The summed E-state index contributed by atoms with van der Waals surface area (Å²) in [6, 6.07) is 25.8. The largest absolute Gasteiger partial charge is 0.364 e. The summed E-state index contributed by atoms with van der Waals surface area (Å²) in [5.74, 6) is 0.184. The van der Waals surface area contributed by atoms with Gasteiger partial charge in [0.25, 0.3) is 0 Å². The summed E-state index contributed by atoms with van der Waals surface area (Å²) in [4.78, 5) is 16.2. The van der Waals surface area contributed by atoms with Crippen molar-refractivity contribution >= 4 is 23.0 Å². The van der Waals surface area contributed by atoms with Crippen LogP contribution in [0, 0.1) is 0 Å². The molecule has 3 aromatic carbocycles. The van der Waals surface area contributed by atoms with E-state index in [9.17, 15) is 4.79 Å². The maximum Gasteiger partial charge on any atom is 0.248 e. The number of nitrogens with zero attached hydrogens (tertiary/aromatic N) is 3. The molecule has 3 heterocycles. The summed E-state index contributed by atoms with van der Waals surface area (Å²) in [5.41, 5.74) is 7.46. The molecule has 0 aromatic heterocycles. The molecular weight excluding hydrogens is 382 g/mol. The Bertz CT molecular complexity index is 1140. The van der Waals surface area contributed by atoms with Gasteiger partial charge < -0.3 is 4.90 Å². The molecule has 0 aliphatic carbocycles. The van der Waals surface area contributed by atoms with E-state index in [0.29, 0.717) is 6.42 Å². The predicted octanol–water partition coefficient (Wildman–Crippen LogP) is 5.29. The zero-order chi connectivity index (χ0) is 20.8. The lowest BCUT2D eigenvalue weighted by atomic mass is 9.91. The molecule has 156 valence electrons. The summed E-state index contributed by atoms with van der Waals surface area (Å²) in [6.45, 7) is 1.87. The van der Waals surface area contributed by atoms with E-state index >= 15 is 0 Å². The van der Waals surface area contributed by atoms with Crippen molar-refractivity contribution in [2.45, 2.75) is 38.1 Å². The van der Waals surface area contributed by atoms with Crippen LogP contribution in [0.5, 0.6) is 0 Å².